The van der Waals surface area contributed by atoms with Crippen LogP contribution in [0, 0.1) is 5.92 Å². The zero-order chi connectivity index (χ0) is 24.8. The number of carboxylic acids is 1. The summed E-state index contributed by atoms with van der Waals surface area (Å²) in [6.45, 7) is 6.48. The molecule has 1 N–H and O–H groups in total. The number of benzene rings is 2. The van der Waals surface area contributed by atoms with Crippen LogP contribution in [0.3, 0.4) is 0 Å². The van der Waals surface area contributed by atoms with E-state index in [1.807, 2.05) is 31.2 Å². The van der Waals surface area contributed by atoms with Crippen LogP contribution >= 0.6 is 11.6 Å². The highest BCUT2D eigenvalue weighted by Crippen LogP contribution is 2.25. The van der Waals surface area contributed by atoms with Gasteiger partial charge in [0.05, 0.1) is 17.8 Å². The van der Waals surface area contributed by atoms with E-state index < -0.39 is 11.7 Å². The predicted octanol–water partition coefficient (Wildman–Crippen LogP) is 6.14. The second-order valence-electron chi connectivity index (χ2n) is 8.92. The molecule has 180 valence electrons. The third kappa shape index (κ3) is 5.68. The summed E-state index contributed by atoms with van der Waals surface area (Å²) < 4.78 is 2.71. The van der Waals surface area contributed by atoms with Crippen LogP contribution in [-0.2, 0) is 13.0 Å². The van der Waals surface area contributed by atoms with E-state index in [2.05, 4.69) is 13.8 Å². The number of aromatic carboxylic acids is 1. The number of hydrogen-bond donors (Lipinski definition) is 1. The van der Waals surface area contributed by atoms with Gasteiger partial charge in [0.2, 0.25) is 5.91 Å². The normalized spacial score (nSPS) is 11.2. The van der Waals surface area contributed by atoms with Crippen LogP contribution in [0.15, 0.2) is 53.3 Å². The van der Waals surface area contributed by atoms with Crippen LogP contribution < -0.4 is 5.69 Å². The van der Waals surface area contributed by atoms with Gasteiger partial charge in [-0.2, -0.15) is 0 Å². The highest BCUT2D eigenvalue weighted by atomic mass is 35.5. The fraction of sp³-hybridized carbons (Fsp3) is 0.370. The summed E-state index contributed by atoms with van der Waals surface area (Å²) in [6, 6.07) is 14.3. The van der Waals surface area contributed by atoms with Crippen molar-refractivity contribution >= 4 is 23.5 Å². The van der Waals surface area contributed by atoms with Crippen molar-refractivity contribution in [1.82, 2.24) is 9.13 Å². The summed E-state index contributed by atoms with van der Waals surface area (Å²) in [5.41, 5.74) is 2.76. The van der Waals surface area contributed by atoms with Crippen molar-refractivity contribution in [3.63, 3.8) is 0 Å². The number of hydrogen-bond acceptors (Lipinski definition) is 3. The summed E-state index contributed by atoms with van der Waals surface area (Å²) >= 11 is 6.58. The molecule has 0 saturated heterocycles. The van der Waals surface area contributed by atoms with Crippen molar-refractivity contribution < 1.29 is 14.7 Å². The lowest BCUT2D eigenvalue weighted by molar-refractivity contribution is 0.0697. The molecular formula is C27H31ClN2O4. The van der Waals surface area contributed by atoms with Crippen LogP contribution in [0.25, 0.3) is 11.1 Å². The molecule has 0 aliphatic heterocycles. The molecule has 0 atom stereocenters. The van der Waals surface area contributed by atoms with E-state index in [4.69, 9.17) is 11.6 Å². The van der Waals surface area contributed by atoms with Crippen molar-refractivity contribution in [3.05, 3.63) is 81.0 Å². The van der Waals surface area contributed by atoms with Gasteiger partial charge in [-0.15, -0.1) is 0 Å². The number of halogens is 1. The first kappa shape index (κ1) is 25.5. The maximum Gasteiger partial charge on any atom is 0.336 e. The molecule has 7 heteroatoms. The first-order chi connectivity index (χ1) is 16.2. The Kier molecular flexibility index (Phi) is 8.51. The average molecular weight is 483 g/mol. The van der Waals surface area contributed by atoms with E-state index in [0.29, 0.717) is 30.0 Å². The lowest BCUT2D eigenvalue weighted by atomic mass is 9.98. The molecule has 1 heterocycles. The van der Waals surface area contributed by atoms with E-state index in [1.54, 1.807) is 28.8 Å². The van der Waals surface area contributed by atoms with E-state index in [9.17, 15) is 19.5 Å². The van der Waals surface area contributed by atoms with E-state index in [0.717, 1.165) is 28.5 Å². The Labute approximate surface area is 204 Å². The van der Waals surface area contributed by atoms with Gasteiger partial charge < -0.3 is 5.11 Å². The molecule has 0 spiro atoms. The predicted molar refractivity (Wildman–Crippen MR) is 135 cm³/mol. The Balaban J connectivity index is 1.96. The number of carbonyl (C=O) groups is 2. The molecular weight excluding hydrogens is 452 g/mol. The topological polar surface area (TPSA) is 81.3 Å². The summed E-state index contributed by atoms with van der Waals surface area (Å²) in [7, 11) is 0. The molecule has 2 aromatic carbocycles. The smallest absolute Gasteiger partial charge is 0.336 e. The molecule has 0 aliphatic rings. The number of aromatic nitrogens is 2. The molecule has 0 fully saturated rings. The second-order valence-corrected chi connectivity index (χ2v) is 9.28. The maximum atomic E-state index is 13.2. The highest BCUT2D eigenvalue weighted by molar-refractivity contribution is 6.31. The van der Waals surface area contributed by atoms with Gasteiger partial charge >= 0.3 is 11.7 Å². The molecule has 0 unspecified atom stereocenters. The van der Waals surface area contributed by atoms with Crippen molar-refractivity contribution in [3.8, 4) is 11.1 Å². The van der Waals surface area contributed by atoms with E-state index >= 15 is 0 Å². The Morgan fingerprint density at radius 2 is 1.74 bits per heavy atom. The summed E-state index contributed by atoms with van der Waals surface area (Å²) in [5, 5.41) is 9.68. The summed E-state index contributed by atoms with van der Waals surface area (Å²) in [5.74, 6) is -0.834. The van der Waals surface area contributed by atoms with Gasteiger partial charge in [0.15, 0.2) is 0 Å². The van der Waals surface area contributed by atoms with Crippen molar-refractivity contribution in [2.24, 2.45) is 5.92 Å². The first-order valence-corrected chi connectivity index (χ1v) is 12.1. The molecule has 3 rings (SSSR count). The van der Waals surface area contributed by atoms with Gasteiger partial charge in [-0.05, 0) is 47.9 Å². The largest absolute Gasteiger partial charge is 0.478 e. The minimum Gasteiger partial charge on any atom is -0.478 e. The lowest BCUT2D eigenvalue weighted by Gasteiger charge is -2.11. The van der Waals surface area contributed by atoms with Crippen molar-refractivity contribution in [2.75, 3.05) is 0 Å². The van der Waals surface area contributed by atoms with Gasteiger partial charge in [0, 0.05) is 6.42 Å². The molecule has 0 amide bonds. The zero-order valence-corrected chi connectivity index (χ0v) is 20.6. The summed E-state index contributed by atoms with van der Waals surface area (Å²) in [4.78, 5) is 37.5. The van der Waals surface area contributed by atoms with Gasteiger partial charge in [-0.1, -0.05) is 81.3 Å². The highest BCUT2D eigenvalue weighted by Gasteiger charge is 2.23. The molecule has 6 nitrogen and oxygen atoms in total. The number of carbonyl (C=O) groups excluding carboxylic acids is 1. The molecule has 34 heavy (non-hydrogen) atoms. The van der Waals surface area contributed by atoms with Crippen LogP contribution in [0.5, 0.6) is 0 Å². The molecule has 0 saturated carbocycles. The van der Waals surface area contributed by atoms with Crippen LogP contribution in [0.2, 0.25) is 5.15 Å². The van der Waals surface area contributed by atoms with Crippen molar-refractivity contribution in [1.29, 1.82) is 0 Å². The number of nitrogens with zero attached hydrogens (tertiary/aromatic N) is 2. The molecule has 0 radical (unpaired) electrons. The molecule has 0 aliphatic carbocycles. The van der Waals surface area contributed by atoms with E-state index in [1.165, 1.54) is 0 Å². The van der Waals surface area contributed by atoms with Crippen molar-refractivity contribution in [2.45, 2.75) is 59.4 Å². The van der Waals surface area contributed by atoms with Gasteiger partial charge in [0.1, 0.15) is 5.15 Å². The van der Waals surface area contributed by atoms with Crippen LogP contribution in [0.1, 0.15) is 72.9 Å². The van der Waals surface area contributed by atoms with Crippen LogP contribution in [-0.4, -0.2) is 26.1 Å². The van der Waals surface area contributed by atoms with Gasteiger partial charge in [0.25, 0.3) is 0 Å². The number of carboxylic acid groups (broad SMARTS) is 1. The maximum absolute atomic E-state index is 13.2. The third-order valence-electron chi connectivity index (χ3n) is 5.90. The van der Waals surface area contributed by atoms with Gasteiger partial charge in [-0.3, -0.25) is 9.36 Å². The van der Waals surface area contributed by atoms with Crippen LogP contribution in [0.4, 0.5) is 0 Å². The molecule has 3 aromatic rings. The zero-order valence-electron chi connectivity index (χ0n) is 19.9. The quantitative estimate of drug-likeness (QED) is 0.376. The molecule has 0 bridgehead atoms. The minimum atomic E-state index is -0.982. The average Bonchev–Trinajstić information content (AvgIpc) is 3.05. The third-order valence-corrected chi connectivity index (χ3v) is 6.28. The fourth-order valence-electron chi connectivity index (χ4n) is 3.94. The Hall–Kier alpha value is -3.12. The number of imidazole rings is 1. The number of rotatable bonds is 10. The molecule has 1 aromatic heterocycles. The van der Waals surface area contributed by atoms with E-state index in [-0.39, 0.29) is 29.6 Å². The number of unbranched alkanes of at least 4 members (excludes halogenated alkanes) is 1. The first-order valence-electron chi connectivity index (χ1n) is 11.7. The Bertz CT molecular complexity index is 1220. The Morgan fingerprint density at radius 3 is 2.35 bits per heavy atom. The monoisotopic (exact) mass is 482 g/mol. The lowest BCUT2D eigenvalue weighted by Crippen LogP contribution is -2.29. The minimum absolute atomic E-state index is 0.207. The van der Waals surface area contributed by atoms with Gasteiger partial charge in [-0.25, -0.2) is 14.2 Å². The fourth-order valence-corrected chi connectivity index (χ4v) is 4.30. The standard InChI is InChI=1S/C27H31ClN2O4/c1-4-5-10-24(31)30-25(28)23(16-11-18(2)3)29(27(30)34)17-19-12-14-20(15-13-19)21-8-6-7-9-22(21)26(32)33/h6-9,12-15,18H,4-5,10-11,16-17H2,1-3H3,(H,32,33). The summed E-state index contributed by atoms with van der Waals surface area (Å²) in [6.07, 6.45) is 3.28. The SMILES string of the molecule is CCCCC(=O)n1c(Cl)c(CCC(C)C)n(Cc2ccc(-c3ccccc3C(=O)O)cc2)c1=O. The Morgan fingerprint density at radius 1 is 1.06 bits per heavy atom. The second kappa shape index (κ2) is 11.3.